The van der Waals surface area contributed by atoms with Gasteiger partial charge in [0.25, 0.3) is 5.91 Å². The summed E-state index contributed by atoms with van der Waals surface area (Å²) in [7, 11) is 0. The van der Waals surface area contributed by atoms with E-state index in [1.165, 1.54) is 36.1 Å². The maximum absolute atomic E-state index is 13.3. The van der Waals surface area contributed by atoms with Crippen LogP contribution in [0.4, 0.5) is 4.39 Å². The summed E-state index contributed by atoms with van der Waals surface area (Å²) >= 11 is 0. The molecule has 2 aliphatic carbocycles. The Morgan fingerprint density at radius 2 is 1.61 bits per heavy atom. The van der Waals surface area contributed by atoms with Crippen LogP contribution >= 0.6 is 0 Å². The Kier molecular flexibility index (Phi) is 7.00. The van der Waals surface area contributed by atoms with Crippen LogP contribution in [0.5, 0.6) is 0 Å². The molecular formula is C26H30FNO3. The number of hydrogen-bond acceptors (Lipinski definition) is 3. The lowest BCUT2D eigenvalue weighted by molar-refractivity contribution is -0.138. The zero-order valence-electron chi connectivity index (χ0n) is 17.9. The lowest BCUT2D eigenvalue weighted by Gasteiger charge is -2.34. The Hall–Kier alpha value is -2.69. The van der Waals surface area contributed by atoms with Crippen molar-refractivity contribution >= 4 is 11.9 Å². The molecule has 1 saturated carbocycles. The summed E-state index contributed by atoms with van der Waals surface area (Å²) in [6.45, 7) is 0.133. The zero-order valence-corrected chi connectivity index (χ0v) is 17.9. The second-order valence-electron chi connectivity index (χ2n) is 8.71. The minimum Gasteiger partial charge on any atom is -0.452 e. The fourth-order valence-electron chi connectivity index (χ4n) is 4.75. The number of halogens is 1. The lowest BCUT2D eigenvalue weighted by atomic mass is 9.90. The third-order valence-corrected chi connectivity index (χ3v) is 6.51. The van der Waals surface area contributed by atoms with Crippen LogP contribution in [-0.2, 0) is 28.9 Å². The van der Waals surface area contributed by atoms with Gasteiger partial charge >= 0.3 is 5.97 Å². The van der Waals surface area contributed by atoms with Crippen LogP contribution in [0.3, 0.4) is 0 Å². The van der Waals surface area contributed by atoms with E-state index in [0.717, 1.165) is 50.5 Å². The molecule has 0 bridgehead atoms. The van der Waals surface area contributed by atoms with Gasteiger partial charge < -0.3 is 9.64 Å². The minimum absolute atomic E-state index is 0.133. The fourth-order valence-corrected chi connectivity index (χ4v) is 4.75. The number of ether oxygens (including phenoxy) is 1. The first-order valence-electron chi connectivity index (χ1n) is 11.4. The molecule has 0 radical (unpaired) electrons. The molecule has 4 rings (SSSR count). The highest BCUT2D eigenvalue weighted by molar-refractivity contribution is 5.91. The average Bonchev–Trinajstić information content (AvgIpc) is 2.82. The molecule has 0 N–H and O–H groups in total. The molecule has 1 fully saturated rings. The van der Waals surface area contributed by atoms with Crippen LogP contribution in [0.25, 0.3) is 0 Å². The highest BCUT2D eigenvalue weighted by Crippen LogP contribution is 2.25. The van der Waals surface area contributed by atoms with Gasteiger partial charge in [-0.2, -0.15) is 0 Å². The van der Waals surface area contributed by atoms with E-state index in [-0.39, 0.29) is 24.4 Å². The van der Waals surface area contributed by atoms with Crippen LogP contribution in [0.2, 0.25) is 0 Å². The van der Waals surface area contributed by atoms with Gasteiger partial charge in [-0.25, -0.2) is 9.18 Å². The van der Waals surface area contributed by atoms with Crippen LogP contribution < -0.4 is 0 Å². The van der Waals surface area contributed by atoms with Gasteiger partial charge in [0.05, 0.1) is 5.56 Å². The summed E-state index contributed by atoms with van der Waals surface area (Å²) in [6.07, 6.45) is 9.64. The van der Waals surface area contributed by atoms with E-state index in [9.17, 15) is 14.0 Å². The normalized spacial score (nSPS) is 16.4. The predicted octanol–water partition coefficient (Wildman–Crippen LogP) is 5.22. The van der Waals surface area contributed by atoms with Crippen molar-refractivity contribution in [3.63, 3.8) is 0 Å². The molecule has 0 saturated heterocycles. The molecule has 2 aromatic rings. The van der Waals surface area contributed by atoms with Crippen molar-refractivity contribution in [3.05, 3.63) is 70.5 Å². The van der Waals surface area contributed by atoms with Crippen LogP contribution in [0.15, 0.2) is 42.5 Å². The van der Waals surface area contributed by atoms with E-state index in [1.807, 2.05) is 17.0 Å². The van der Waals surface area contributed by atoms with Gasteiger partial charge in [-0.1, -0.05) is 37.5 Å². The quantitative estimate of drug-likeness (QED) is 0.598. The van der Waals surface area contributed by atoms with Crippen molar-refractivity contribution in [2.24, 2.45) is 0 Å². The topological polar surface area (TPSA) is 46.6 Å². The minimum atomic E-state index is -0.452. The highest BCUT2D eigenvalue weighted by atomic mass is 19.1. The lowest BCUT2D eigenvalue weighted by Crippen LogP contribution is -2.43. The second-order valence-corrected chi connectivity index (χ2v) is 8.71. The van der Waals surface area contributed by atoms with Crippen molar-refractivity contribution in [1.82, 2.24) is 4.90 Å². The summed E-state index contributed by atoms with van der Waals surface area (Å²) in [5.74, 6) is -0.937. The first kappa shape index (κ1) is 21.5. The molecule has 31 heavy (non-hydrogen) atoms. The van der Waals surface area contributed by atoms with Gasteiger partial charge in [0.1, 0.15) is 5.82 Å². The standard InChI is InChI=1S/C26H30FNO3/c27-23-14-10-19(11-15-23)17-28(24-8-2-1-3-9-24)25(29)18-31-26(30)22-13-12-20-6-4-5-7-21(20)16-22/h10-16,24H,1-9,17-18H2. The van der Waals surface area contributed by atoms with E-state index in [0.29, 0.717) is 12.1 Å². The van der Waals surface area contributed by atoms with Gasteiger partial charge in [0.2, 0.25) is 0 Å². The number of hydrogen-bond donors (Lipinski definition) is 0. The van der Waals surface area contributed by atoms with Gasteiger partial charge in [-0.15, -0.1) is 0 Å². The van der Waals surface area contributed by atoms with E-state index >= 15 is 0 Å². The Bertz CT molecular complexity index is 919. The smallest absolute Gasteiger partial charge is 0.338 e. The first-order chi connectivity index (χ1) is 15.1. The number of amides is 1. The molecule has 0 heterocycles. The molecule has 2 aliphatic rings. The predicted molar refractivity (Wildman–Crippen MR) is 117 cm³/mol. The molecule has 0 atom stereocenters. The molecule has 5 heteroatoms. The van der Waals surface area contributed by atoms with Crippen molar-refractivity contribution in [1.29, 1.82) is 0 Å². The molecule has 0 unspecified atom stereocenters. The number of benzene rings is 2. The fraction of sp³-hybridized carbons (Fsp3) is 0.462. The third kappa shape index (κ3) is 5.52. The first-order valence-corrected chi connectivity index (χ1v) is 11.4. The molecule has 0 aliphatic heterocycles. The summed E-state index contributed by atoms with van der Waals surface area (Å²) < 4.78 is 18.7. The van der Waals surface area contributed by atoms with Crippen molar-refractivity contribution < 1.29 is 18.7 Å². The molecule has 2 aromatic carbocycles. The summed E-state index contributed by atoms with van der Waals surface area (Å²) in [6, 6.07) is 12.1. The van der Waals surface area contributed by atoms with E-state index in [4.69, 9.17) is 4.74 Å². The summed E-state index contributed by atoms with van der Waals surface area (Å²) in [5.41, 5.74) is 3.91. The maximum Gasteiger partial charge on any atom is 0.338 e. The summed E-state index contributed by atoms with van der Waals surface area (Å²) in [5, 5.41) is 0. The molecule has 0 spiro atoms. The Labute approximate surface area is 183 Å². The van der Waals surface area contributed by atoms with E-state index < -0.39 is 5.97 Å². The number of esters is 1. The van der Waals surface area contributed by atoms with E-state index in [2.05, 4.69) is 0 Å². The molecule has 1 amide bonds. The third-order valence-electron chi connectivity index (χ3n) is 6.51. The van der Waals surface area contributed by atoms with Crippen molar-refractivity contribution in [2.75, 3.05) is 6.61 Å². The van der Waals surface area contributed by atoms with Gasteiger partial charge in [0, 0.05) is 12.6 Å². The van der Waals surface area contributed by atoms with E-state index in [1.54, 1.807) is 18.2 Å². The molecule has 0 aromatic heterocycles. The van der Waals surface area contributed by atoms with Crippen LogP contribution in [-0.4, -0.2) is 29.4 Å². The summed E-state index contributed by atoms with van der Waals surface area (Å²) in [4.78, 5) is 27.5. The number of nitrogens with zero attached hydrogens (tertiary/aromatic N) is 1. The molecule has 4 nitrogen and oxygen atoms in total. The number of carbonyl (C=O) groups excluding carboxylic acids is 2. The molecule has 164 valence electrons. The number of carbonyl (C=O) groups is 2. The van der Waals surface area contributed by atoms with Crippen LogP contribution in [0.1, 0.15) is 72.0 Å². The van der Waals surface area contributed by atoms with Gasteiger partial charge in [0.15, 0.2) is 6.61 Å². The number of fused-ring (bicyclic) bond motifs is 1. The number of aryl methyl sites for hydroxylation is 2. The Morgan fingerprint density at radius 1 is 0.903 bits per heavy atom. The number of rotatable bonds is 6. The average molecular weight is 424 g/mol. The maximum atomic E-state index is 13.3. The highest BCUT2D eigenvalue weighted by Gasteiger charge is 2.26. The Morgan fingerprint density at radius 3 is 2.35 bits per heavy atom. The SMILES string of the molecule is O=C(OCC(=O)N(Cc1ccc(F)cc1)C1CCCCC1)c1ccc2c(c1)CCCC2. The Balaban J connectivity index is 1.41. The van der Waals surface area contributed by atoms with Crippen molar-refractivity contribution in [3.8, 4) is 0 Å². The second kappa shape index (κ2) is 10.1. The van der Waals surface area contributed by atoms with Gasteiger partial charge in [-0.3, -0.25) is 4.79 Å². The monoisotopic (exact) mass is 423 g/mol. The van der Waals surface area contributed by atoms with Crippen molar-refractivity contribution in [2.45, 2.75) is 70.4 Å². The largest absolute Gasteiger partial charge is 0.452 e. The van der Waals surface area contributed by atoms with Gasteiger partial charge in [-0.05, 0) is 79.5 Å². The molecular weight excluding hydrogens is 393 g/mol. The van der Waals surface area contributed by atoms with Crippen LogP contribution in [0, 0.1) is 5.82 Å². The zero-order chi connectivity index (χ0) is 21.6.